The lowest BCUT2D eigenvalue weighted by atomic mass is 9.53. The van der Waals surface area contributed by atoms with E-state index >= 15 is 0 Å². The molecule has 0 heterocycles. The monoisotopic (exact) mass is 463 g/mol. The number of fused-ring (bicyclic) bond motifs is 3. The van der Waals surface area contributed by atoms with Gasteiger partial charge in [0.1, 0.15) is 11.5 Å². The van der Waals surface area contributed by atoms with Gasteiger partial charge in [-0.1, -0.05) is 18.2 Å². The van der Waals surface area contributed by atoms with Crippen molar-refractivity contribution in [2.75, 3.05) is 0 Å². The number of phenols is 2. The second kappa shape index (κ2) is 7.33. The lowest BCUT2D eigenvalue weighted by Gasteiger charge is -2.48. The lowest BCUT2D eigenvalue weighted by Crippen LogP contribution is -2.68. The van der Waals surface area contributed by atoms with Gasteiger partial charge >= 0.3 is 0 Å². The first kappa shape index (κ1) is 22.0. The molecule has 0 spiro atoms. The van der Waals surface area contributed by atoms with Crippen molar-refractivity contribution in [2.24, 2.45) is 29.4 Å². The molecular weight excluding hydrogens is 442 g/mol. The van der Waals surface area contributed by atoms with Crippen molar-refractivity contribution >= 4 is 29.0 Å². The fourth-order valence-electron chi connectivity index (χ4n) is 5.88. The summed E-state index contributed by atoms with van der Waals surface area (Å²) in [6.07, 6.45) is -0.154. The third-order valence-corrected chi connectivity index (χ3v) is 7.46. The highest BCUT2D eigenvalue weighted by Crippen LogP contribution is 2.51. The molecule has 1 amide bonds. The van der Waals surface area contributed by atoms with Crippen molar-refractivity contribution < 1.29 is 39.3 Å². The van der Waals surface area contributed by atoms with Crippen LogP contribution in [-0.4, -0.2) is 50.0 Å². The third kappa shape index (κ3) is 2.86. The summed E-state index contributed by atoms with van der Waals surface area (Å²) < 4.78 is 0. The van der Waals surface area contributed by atoms with Gasteiger partial charge in [-0.2, -0.15) is 0 Å². The first-order valence-corrected chi connectivity index (χ1v) is 10.9. The normalized spacial score (nSPS) is 30.4. The molecule has 9 nitrogen and oxygen atoms in total. The zero-order valence-corrected chi connectivity index (χ0v) is 17.9. The summed E-state index contributed by atoms with van der Waals surface area (Å²) in [6, 6.07) is 9.26. The van der Waals surface area contributed by atoms with Gasteiger partial charge in [0, 0.05) is 12.3 Å². The van der Waals surface area contributed by atoms with Gasteiger partial charge in [0.25, 0.3) is 0 Å². The predicted octanol–water partition coefficient (Wildman–Crippen LogP) is 0.699. The zero-order valence-electron chi connectivity index (χ0n) is 17.9. The first-order chi connectivity index (χ1) is 16.1. The van der Waals surface area contributed by atoms with Crippen LogP contribution in [0.15, 0.2) is 36.4 Å². The Hall–Kier alpha value is -3.85. The molecule has 2 fully saturated rings. The molecule has 3 aliphatic carbocycles. The van der Waals surface area contributed by atoms with E-state index in [1.165, 1.54) is 18.2 Å². The van der Waals surface area contributed by atoms with Gasteiger partial charge in [0.2, 0.25) is 5.91 Å². The zero-order chi connectivity index (χ0) is 24.5. The maximum Gasteiger partial charge on any atom is 0.235 e. The number of benzene rings is 2. The molecule has 2 saturated carbocycles. The Morgan fingerprint density at radius 3 is 2.26 bits per heavy atom. The first-order valence-electron chi connectivity index (χ1n) is 10.9. The maximum absolute atomic E-state index is 13.5. The molecule has 0 aliphatic heterocycles. The minimum atomic E-state index is -2.66. The molecule has 9 heteroatoms. The van der Waals surface area contributed by atoms with Crippen LogP contribution < -0.4 is 5.73 Å². The Balaban J connectivity index is 1.61. The highest BCUT2D eigenvalue weighted by Gasteiger charge is 2.66. The summed E-state index contributed by atoms with van der Waals surface area (Å²) in [7, 11) is 0. The minimum absolute atomic E-state index is 0.0335. The number of rotatable bonds is 2. The Labute approximate surface area is 193 Å². The lowest BCUT2D eigenvalue weighted by molar-refractivity contribution is -0.175. The summed E-state index contributed by atoms with van der Waals surface area (Å²) in [4.78, 5) is 64.0. The van der Waals surface area contributed by atoms with Crippen molar-refractivity contribution in [3.63, 3.8) is 0 Å². The van der Waals surface area contributed by atoms with E-state index in [0.717, 1.165) is 0 Å². The number of hydrogen-bond acceptors (Lipinski definition) is 8. The summed E-state index contributed by atoms with van der Waals surface area (Å²) in [6.45, 7) is 0. The van der Waals surface area contributed by atoms with Gasteiger partial charge in [-0.15, -0.1) is 0 Å². The Morgan fingerprint density at radius 2 is 1.62 bits per heavy atom. The van der Waals surface area contributed by atoms with E-state index in [4.69, 9.17) is 5.73 Å². The van der Waals surface area contributed by atoms with Crippen LogP contribution in [0.3, 0.4) is 0 Å². The number of amides is 1. The number of aliphatic hydroxyl groups is 1. The molecule has 0 saturated heterocycles. The molecule has 5 N–H and O–H groups in total. The number of ketones is 4. The van der Waals surface area contributed by atoms with E-state index < -0.39 is 58.3 Å². The maximum atomic E-state index is 13.5. The Bertz CT molecular complexity index is 1300. The third-order valence-electron chi connectivity index (χ3n) is 7.46. The standard InChI is InChI=1S/C25H21NO8/c26-24(33)20-17(29)9-12-7-11-8-15-14(10-1-3-13(27)4-2-10)5-6-16(28)19(15)21(30)18(11)22(31)25(12,34)23(20)32/h1-6,11-12,18,20,27-28,34H,7-9H2,(H2,26,33)/t11-,12+,18?,20?,25+/m1/s1. The molecule has 0 bridgehead atoms. The van der Waals surface area contributed by atoms with E-state index in [0.29, 0.717) is 16.7 Å². The molecule has 174 valence electrons. The molecule has 34 heavy (non-hydrogen) atoms. The average molecular weight is 463 g/mol. The van der Waals surface area contributed by atoms with Gasteiger partial charge in [0.15, 0.2) is 34.7 Å². The van der Waals surface area contributed by atoms with Crippen molar-refractivity contribution in [2.45, 2.75) is 24.9 Å². The number of hydrogen-bond donors (Lipinski definition) is 4. The SMILES string of the molecule is NC(=O)C1C(=O)C[C@@H]2C[C@@H]3Cc4c(-c5ccc(O)cc5)ccc(O)c4C(=O)C3C(=O)[C@]2(O)C1=O. The highest BCUT2D eigenvalue weighted by atomic mass is 16.3. The molecular formula is C25H21NO8. The number of phenolic OH excluding ortho intramolecular Hbond substituents is 2. The summed E-state index contributed by atoms with van der Waals surface area (Å²) in [5, 5.41) is 31.3. The molecule has 5 rings (SSSR count). The number of carbonyl (C=O) groups excluding carboxylic acids is 5. The fraction of sp³-hybridized carbons (Fsp3) is 0.320. The number of aromatic hydroxyl groups is 2. The second-order valence-corrected chi connectivity index (χ2v) is 9.27. The molecule has 0 aromatic heterocycles. The molecule has 5 atom stereocenters. The van der Waals surface area contributed by atoms with E-state index in [9.17, 15) is 39.3 Å². The van der Waals surface area contributed by atoms with E-state index in [2.05, 4.69) is 0 Å². The van der Waals surface area contributed by atoms with Gasteiger partial charge in [-0.3, -0.25) is 24.0 Å². The van der Waals surface area contributed by atoms with Crippen LogP contribution >= 0.6 is 0 Å². The molecule has 2 unspecified atom stereocenters. The molecule has 2 aromatic rings. The van der Waals surface area contributed by atoms with Crippen molar-refractivity contribution in [1.82, 2.24) is 0 Å². The summed E-state index contributed by atoms with van der Waals surface area (Å²) in [5.74, 6) is -10.3. The highest BCUT2D eigenvalue weighted by molar-refractivity contribution is 6.31. The van der Waals surface area contributed by atoms with Crippen LogP contribution in [0.2, 0.25) is 0 Å². The summed E-state index contributed by atoms with van der Waals surface area (Å²) in [5.41, 5.74) is 4.29. The van der Waals surface area contributed by atoms with Gasteiger partial charge < -0.3 is 21.1 Å². The average Bonchev–Trinajstić information content (AvgIpc) is 2.77. The van der Waals surface area contributed by atoms with Crippen LogP contribution in [0.4, 0.5) is 0 Å². The van der Waals surface area contributed by atoms with Gasteiger partial charge in [-0.05, 0) is 53.6 Å². The van der Waals surface area contributed by atoms with Crippen LogP contribution in [0.25, 0.3) is 11.1 Å². The van der Waals surface area contributed by atoms with Crippen molar-refractivity contribution in [3.8, 4) is 22.6 Å². The fourth-order valence-corrected chi connectivity index (χ4v) is 5.88. The van der Waals surface area contributed by atoms with Gasteiger partial charge in [-0.25, -0.2) is 0 Å². The number of Topliss-reactive ketones (excluding diaryl/α,β-unsaturated/α-hetero) is 4. The number of nitrogens with two attached hydrogens (primary N) is 1. The topological polar surface area (TPSA) is 172 Å². The number of primary amides is 1. The second-order valence-electron chi connectivity index (χ2n) is 9.27. The van der Waals surface area contributed by atoms with E-state index in [1.54, 1.807) is 18.2 Å². The molecule has 3 aliphatic rings. The van der Waals surface area contributed by atoms with Crippen LogP contribution in [0.1, 0.15) is 28.8 Å². The smallest absolute Gasteiger partial charge is 0.235 e. The molecule has 2 aromatic carbocycles. The van der Waals surface area contributed by atoms with Crippen LogP contribution in [0, 0.1) is 23.7 Å². The van der Waals surface area contributed by atoms with Crippen molar-refractivity contribution in [3.05, 3.63) is 47.5 Å². The van der Waals surface area contributed by atoms with E-state index in [-0.39, 0.29) is 36.3 Å². The largest absolute Gasteiger partial charge is 0.508 e. The van der Waals surface area contributed by atoms with E-state index in [1.807, 2.05) is 0 Å². The number of carbonyl (C=O) groups is 5. The molecule has 0 radical (unpaired) electrons. The van der Waals surface area contributed by atoms with Crippen molar-refractivity contribution in [1.29, 1.82) is 0 Å². The quantitative estimate of drug-likeness (QED) is 0.471. The van der Waals surface area contributed by atoms with Crippen LogP contribution in [-0.2, 0) is 25.6 Å². The Kier molecular flexibility index (Phi) is 4.73. The minimum Gasteiger partial charge on any atom is -0.508 e. The van der Waals surface area contributed by atoms with Crippen LogP contribution in [0.5, 0.6) is 11.5 Å². The Morgan fingerprint density at radius 1 is 0.941 bits per heavy atom. The predicted molar refractivity (Wildman–Crippen MR) is 116 cm³/mol. The van der Waals surface area contributed by atoms with Gasteiger partial charge in [0.05, 0.1) is 11.5 Å². The summed E-state index contributed by atoms with van der Waals surface area (Å²) >= 11 is 0.